The Morgan fingerprint density at radius 3 is 2.67 bits per heavy atom. The van der Waals surface area contributed by atoms with Gasteiger partial charge in [-0.25, -0.2) is 9.97 Å². The van der Waals surface area contributed by atoms with Gasteiger partial charge in [0.25, 0.3) is 0 Å². The minimum Gasteiger partial charge on any atom is -0.240 e. The van der Waals surface area contributed by atoms with Crippen LogP contribution in [0.25, 0.3) is 11.5 Å². The molecule has 12 heavy (non-hydrogen) atoms. The van der Waals surface area contributed by atoms with Crippen molar-refractivity contribution in [2.45, 2.75) is 0 Å². The van der Waals surface area contributed by atoms with Crippen LogP contribution in [0, 0.1) is 0 Å². The van der Waals surface area contributed by atoms with Crippen LogP contribution in [0.3, 0.4) is 0 Å². The summed E-state index contributed by atoms with van der Waals surface area (Å²) in [4.78, 5) is 7.71. The minimum atomic E-state index is 0.429. The van der Waals surface area contributed by atoms with Crippen LogP contribution >= 0.6 is 0 Å². The summed E-state index contributed by atoms with van der Waals surface area (Å²) >= 11 is 0. The van der Waals surface area contributed by atoms with E-state index in [1.807, 2.05) is 0 Å². The fourth-order valence-electron chi connectivity index (χ4n) is 0.715. The van der Waals surface area contributed by atoms with E-state index in [0.717, 1.165) is 0 Å². The summed E-state index contributed by atoms with van der Waals surface area (Å²) in [6.45, 7) is 0. The lowest BCUT2D eigenvalue weighted by Crippen LogP contribution is -1.94. The third-order valence-corrected chi connectivity index (χ3v) is 1.19. The molecule has 0 N–H and O–H groups in total. The lowest BCUT2D eigenvalue weighted by Gasteiger charge is -1.92. The molecule has 0 radical (unpaired) electrons. The zero-order valence-corrected chi connectivity index (χ0v) is 5.99. The molecule has 58 valence electrons. The molecule has 2 rings (SSSR count). The van der Waals surface area contributed by atoms with Gasteiger partial charge in [0, 0.05) is 6.20 Å². The molecule has 0 fully saturated rings. The molecule has 2 heterocycles. The van der Waals surface area contributed by atoms with Crippen molar-refractivity contribution in [3.8, 4) is 11.5 Å². The van der Waals surface area contributed by atoms with Crippen molar-refractivity contribution in [2.75, 3.05) is 0 Å². The van der Waals surface area contributed by atoms with E-state index in [1.165, 1.54) is 24.9 Å². The molecule has 0 saturated heterocycles. The Labute approximate surface area is 67.7 Å². The summed E-state index contributed by atoms with van der Waals surface area (Å²) in [5.41, 5.74) is 0.519. The molecule has 0 unspecified atom stereocenters. The van der Waals surface area contributed by atoms with Gasteiger partial charge in [-0.1, -0.05) is 0 Å². The summed E-state index contributed by atoms with van der Waals surface area (Å²) < 4.78 is 0. The molecule has 0 aliphatic rings. The first kappa shape index (κ1) is 6.71. The molecule has 0 spiro atoms. The lowest BCUT2D eigenvalue weighted by atomic mass is 10.4. The van der Waals surface area contributed by atoms with E-state index in [4.69, 9.17) is 0 Å². The van der Waals surface area contributed by atoms with Crippen LogP contribution in [-0.4, -0.2) is 30.4 Å². The van der Waals surface area contributed by atoms with Crippen molar-refractivity contribution in [3.63, 3.8) is 0 Å². The predicted octanol–water partition coefficient (Wildman–Crippen LogP) is -0.276. The zero-order valence-electron chi connectivity index (χ0n) is 5.99. The predicted molar refractivity (Wildman–Crippen MR) is 38.6 cm³/mol. The van der Waals surface area contributed by atoms with Crippen LogP contribution in [0.4, 0.5) is 0 Å². The Morgan fingerprint density at radius 2 is 2.00 bits per heavy atom. The Hall–Kier alpha value is -1.98. The van der Waals surface area contributed by atoms with Crippen LogP contribution in [-0.2, 0) is 0 Å². The molecular formula is C6H4N6. The first-order valence-corrected chi connectivity index (χ1v) is 3.23. The number of nitrogens with zero attached hydrogens (tertiary/aromatic N) is 6. The van der Waals surface area contributed by atoms with Crippen molar-refractivity contribution in [2.24, 2.45) is 0 Å². The van der Waals surface area contributed by atoms with E-state index >= 15 is 0 Å². The number of rotatable bonds is 1. The van der Waals surface area contributed by atoms with Crippen LogP contribution < -0.4 is 0 Å². The van der Waals surface area contributed by atoms with Gasteiger partial charge < -0.3 is 0 Å². The van der Waals surface area contributed by atoms with Gasteiger partial charge in [-0.05, 0) is 0 Å². The van der Waals surface area contributed by atoms with E-state index in [-0.39, 0.29) is 0 Å². The fourth-order valence-corrected chi connectivity index (χ4v) is 0.715. The highest BCUT2D eigenvalue weighted by Gasteiger charge is 2.00. The molecule has 0 atom stereocenters. The second-order valence-electron chi connectivity index (χ2n) is 1.96. The molecule has 0 aliphatic heterocycles. The van der Waals surface area contributed by atoms with Gasteiger partial charge >= 0.3 is 0 Å². The molecular weight excluding hydrogens is 156 g/mol. The van der Waals surface area contributed by atoms with Crippen LogP contribution in [0.15, 0.2) is 24.9 Å². The minimum absolute atomic E-state index is 0.429. The maximum Gasteiger partial charge on any atom is 0.203 e. The number of hydrogen-bond acceptors (Lipinski definition) is 6. The van der Waals surface area contributed by atoms with Crippen LogP contribution in [0.5, 0.6) is 0 Å². The van der Waals surface area contributed by atoms with E-state index in [0.29, 0.717) is 11.5 Å². The summed E-state index contributed by atoms with van der Waals surface area (Å²) in [5, 5.41) is 14.8. The second kappa shape index (κ2) is 2.95. The molecule has 2 aromatic heterocycles. The monoisotopic (exact) mass is 160 g/mol. The van der Waals surface area contributed by atoms with Crippen LogP contribution in [0.2, 0.25) is 0 Å². The van der Waals surface area contributed by atoms with Gasteiger partial charge in [0.15, 0.2) is 5.69 Å². The van der Waals surface area contributed by atoms with Gasteiger partial charge in [0.2, 0.25) is 5.82 Å². The maximum atomic E-state index is 3.93. The topological polar surface area (TPSA) is 77.3 Å². The quantitative estimate of drug-likeness (QED) is 0.571. The normalized spacial score (nSPS) is 9.67. The Bertz CT molecular complexity index is 309. The molecule has 0 aliphatic carbocycles. The van der Waals surface area contributed by atoms with Gasteiger partial charge in [-0.3, -0.25) is 0 Å². The first-order chi connectivity index (χ1) is 5.97. The smallest absolute Gasteiger partial charge is 0.203 e. The van der Waals surface area contributed by atoms with Crippen LogP contribution in [0.1, 0.15) is 0 Å². The molecule has 0 bridgehead atoms. The number of hydrogen-bond donors (Lipinski definition) is 0. The van der Waals surface area contributed by atoms with E-state index < -0.39 is 0 Å². The Morgan fingerprint density at radius 1 is 1.00 bits per heavy atom. The van der Waals surface area contributed by atoms with Crippen molar-refractivity contribution in [3.05, 3.63) is 24.9 Å². The summed E-state index contributed by atoms with van der Waals surface area (Å²) in [7, 11) is 0. The summed E-state index contributed by atoms with van der Waals surface area (Å²) in [5.74, 6) is 0.429. The molecule has 0 saturated carbocycles. The standard InChI is InChI=1S/C6H4N6/c1-2-9-12-6(8-1)5-3-7-4-10-11-5/h1-4H. The lowest BCUT2D eigenvalue weighted by molar-refractivity contribution is 0.922. The maximum absolute atomic E-state index is 3.93. The van der Waals surface area contributed by atoms with Gasteiger partial charge in [-0.2, -0.15) is 5.10 Å². The second-order valence-corrected chi connectivity index (χ2v) is 1.96. The number of aromatic nitrogens is 6. The van der Waals surface area contributed by atoms with Crippen molar-refractivity contribution >= 4 is 0 Å². The van der Waals surface area contributed by atoms with E-state index in [9.17, 15) is 0 Å². The Balaban J connectivity index is 2.46. The molecule has 6 nitrogen and oxygen atoms in total. The average Bonchev–Trinajstić information content (AvgIpc) is 2.21. The molecule has 6 heteroatoms. The molecule has 2 aromatic rings. The molecule has 0 amide bonds. The highest BCUT2D eigenvalue weighted by atomic mass is 15.2. The SMILES string of the molecule is c1ncc(-c2nccnn2)nn1. The highest BCUT2D eigenvalue weighted by Crippen LogP contribution is 2.03. The molecule has 0 aromatic carbocycles. The zero-order chi connectivity index (χ0) is 8.23. The fraction of sp³-hybridized carbons (Fsp3) is 0. The first-order valence-electron chi connectivity index (χ1n) is 3.23. The van der Waals surface area contributed by atoms with E-state index in [2.05, 4.69) is 30.4 Å². The summed E-state index contributed by atoms with van der Waals surface area (Å²) in [6.07, 6.45) is 5.91. The van der Waals surface area contributed by atoms with Crippen molar-refractivity contribution in [1.29, 1.82) is 0 Å². The third kappa shape index (κ3) is 1.22. The summed E-state index contributed by atoms with van der Waals surface area (Å²) in [6, 6.07) is 0. The third-order valence-electron chi connectivity index (χ3n) is 1.19. The largest absolute Gasteiger partial charge is 0.240 e. The van der Waals surface area contributed by atoms with E-state index in [1.54, 1.807) is 0 Å². The van der Waals surface area contributed by atoms with Gasteiger partial charge in [0.1, 0.15) is 6.33 Å². The van der Waals surface area contributed by atoms with Crippen molar-refractivity contribution < 1.29 is 0 Å². The average molecular weight is 160 g/mol. The van der Waals surface area contributed by atoms with Gasteiger partial charge in [-0.15, -0.1) is 15.3 Å². The van der Waals surface area contributed by atoms with Crippen molar-refractivity contribution in [1.82, 2.24) is 30.4 Å². The highest BCUT2D eigenvalue weighted by molar-refractivity contribution is 5.44. The van der Waals surface area contributed by atoms with Gasteiger partial charge in [0.05, 0.1) is 12.4 Å². The Kier molecular flexibility index (Phi) is 1.65.